The number of nitrogens with zero attached hydrogens (tertiary/aromatic N) is 5. The van der Waals surface area contributed by atoms with E-state index in [0.29, 0.717) is 13.1 Å². The van der Waals surface area contributed by atoms with Crippen molar-refractivity contribution in [1.82, 2.24) is 24.6 Å². The Hall–Kier alpha value is -1.76. The van der Waals surface area contributed by atoms with Crippen LogP contribution in [0.2, 0.25) is 0 Å². The van der Waals surface area contributed by atoms with Crippen LogP contribution >= 0.6 is 11.3 Å². The topological polar surface area (TPSA) is 63.9 Å². The lowest BCUT2D eigenvalue weighted by atomic mass is 9.98. The van der Waals surface area contributed by atoms with Crippen LogP contribution in [0.25, 0.3) is 0 Å². The van der Waals surface area contributed by atoms with Crippen molar-refractivity contribution in [2.45, 2.75) is 39.3 Å². The highest BCUT2D eigenvalue weighted by molar-refractivity contribution is 7.11. The van der Waals surface area contributed by atoms with E-state index in [9.17, 15) is 4.79 Å². The van der Waals surface area contributed by atoms with Gasteiger partial charge in [0.05, 0.1) is 12.5 Å². The summed E-state index contributed by atoms with van der Waals surface area (Å²) >= 11 is 1.69. The number of aromatic nitrogens is 4. The molecular weight excluding hydrogens is 286 g/mol. The van der Waals surface area contributed by atoms with Crippen molar-refractivity contribution in [2.75, 3.05) is 7.05 Å². The third-order valence-corrected chi connectivity index (χ3v) is 5.00. The first-order chi connectivity index (χ1) is 10.2. The number of amides is 1. The zero-order valence-corrected chi connectivity index (χ0v) is 13.1. The minimum absolute atomic E-state index is 0.0177. The van der Waals surface area contributed by atoms with Crippen LogP contribution in [0.15, 0.2) is 12.5 Å². The van der Waals surface area contributed by atoms with Gasteiger partial charge in [-0.05, 0) is 12.8 Å². The quantitative estimate of drug-likeness (QED) is 0.859. The van der Waals surface area contributed by atoms with Gasteiger partial charge in [-0.25, -0.2) is 4.98 Å². The number of thiazole rings is 1. The molecule has 2 aromatic heterocycles. The number of rotatable bonds is 4. The minimum Gasteiger partial charge on any atom is -0.339 e. The maximum atomic E-state index is 12.6. The van der Waals surface area contributed by atoms with Crippen molar-refractivity contribution in [3.05, 3.63) is 28.2 Å². The van der Waals surface area contributed by atoms with E-state index in [2.05, 4.69) is 22.1 Å². The number of carbonyl (C=O) groups is 1. The number of aryl methyl sites for hydroxylation is 2. The number of hydrogen-bond donors (Lipinski definition) is 0. The summed E-state index contributed by atoms with van der Waals surface area (Å²) in [5.41, 5.74) is 0. The van der Waals surface area contributed by atoms with Gasteiger partial charge in [0.15, 0.2) is 0 Å². The predicted molar refractivity (Wildman–Crippen MR) is 79.8 cm³/mol. The third-order valence-electron chi connectivity index (χ3n) is 3.88. The first kappa shape index (κ1) is 14.2. The summed E-state index contributed by atoms with van der Waals surface area (Å²) in [5.74, 6) is 1.18. The first-order valence-electron chi connectivity index (χ1n) is 7.22. The molecule has 1 aliphatic rings. The molecule has 1 atom stereocenters. The molecule has 0 saturated carbocycles. The standard InChI is InChI=1S/C14H19N5OS/c1-3-11-6-15-13(21-11)8-18(2)14(20)10-4-5-12-17-16-9-19(12)7-10/h6,9-10H,3-5,7-8H2,1-2H3. The first-order valence-corrected chi connectivity index (χ1v) is 8.04. The van der Waals surface area contributed by atoms with Crippen molar-refractivity contribution < 1.29 is 4.79 Å². The summed E-state index contributed by atoms with van der Waals surface area (Å²) in [7, 11) is 1.86. The van der Waals surface area contributed by atoms with Crippen LogP contribution in [0.5, 0.6) is 0 Å². The number of carbonyl (C=O) groups excluding carboxylic acids is 1. The molecule has 112 valence electrons. The van der Waals surface area contributed by atoms with Crippen LogP contribution in [0, 0.1) is 5.92 Å². The average molecular weight is 305 g/mol. The summed E-state index contributed by atoms with van der Waals surface area (Å²) in [6.45, 7) is 3.39. The normalized spacial score (nSPS) is 17.5. The highest BCUT2D eigenvalue weighted by atomic mass is 32.1. The highest BCUT2D eigenvalue weighted by Crippen LogP contribution is 2.21. The predicted octanol–water partition coefficient (Wildman–Crippen LogP) is 1.52. The molecule has 0 saturated heterocycles. The van der Waals surface area contributed by atoms with E-state index < -0.39 is 0 Å². The molecule has 1 amide bonds. The lowest BCUT2D eigenvalue weighted by molar-refractivity contribution is -0.135. The second-order valence-electron chi connectivity index (χ2n) is 5.40. The van der Waals surface area contributed by atoms with Gasteiger partial charge in [-0.2, -0.15) is 0 Å². The molecule has 6 nitrogen and oxygen atoms in total. The van der Waals surface area contributed by atoms with Crippen molar-refractivity contribution in [3.8, 4) is 0 Å². The van der Waals surface area contributed by atoms with Crippen molar-refractivity contribution in [2.24, 2.45) is 5.92 Å². The summed E-state index contributed by atoms with van der Waals surface area (Å²) < 4.78 is 1.98. The SMILES string of the molecule is CCc1cnc(CN(C)C(=O)C2CCc3nncn3C2)s1. The van der Waals surface area contributed by atoms with Gasteiger partial charge in [0.25, 0.3) is 0 Å². The molecule has 0 fully saturated rings. The van der Waals surface area contributed by atoms with Gasteiger partial charge >= 0.3 is 0 Å². The summed E-state index contributed by atoms with van der Waals surface area (Å²) in [6, 6.07) is 0. The number of hydrogen-bond acceptors (Lipinski definition) is 5. The average Bonchev–Trinajstić information content (AvgIpc) is 3.13. The second-order valence-corrected chi connectivity index (χ2v) is 6.60. The Bertz CT molecular complexity index is 635. The molecule has 3 rings (SSSR count). The smallest absolute Gasteiger partial charge is 0.227 e. The fourth-order valence-electron chi connectivity index (χ4n) is 2.64. The zero-order chi connectivity index (χ0) is 14.8. The van der Waals surface area contributed by atoms with Crippen LogP contribution in [0.4, 0.5) is 0 Å². The van der Waals surface area contributed by atoms with Crippen LogP contribution in [-0.4, -0.2) is 37.6 Å². The van der Waals surface area contributed by atoms with Crippen LogP contribution in [0.1, 0.15) is 29.1 Å². The van der Waals surface area contributed by atoms with E-state index in [1.165, 1.54) is 4.88 Å². The van der Waals surface area contributed by atoms with Gasteiger partial charge in [0.2, 0.25) is 5.91 Å². The van der Waals surface area contributed by atoms with E-state index in [4.69, 9.17) is 0 Å². The Kier molecular flexibility index (Phi) is 4.01. The van der Waals surface area contributed by atoms with E-state index in [1.54, 1.807) is 22.6 Å². The largest absolute Gasteiger partial charge is 0.339 e. The van der Waals surface area contributed by atoms with Crippen LogP contribution < -0.4 is 0 Å². The van der Waals surface area contributed by atoms with E-state index in [0.717, 1.165) is 30.1 Å². The molecule has 0 radical (unpaired) electrons. The minimum atomic E-state index is 0.0177. The van der Waals surface area contributed by atoms with Crippen molar-refractivity contribution in [1.29, 1.82) is 0 Å². The maximum Gasteiger partial charge on any atom is 0.227 e. The Balaban J connectivity index is 1.62. The molecule has 2 aromatic rings. The van der Waals surface area contributed by atoms with Crippen LogP contribution in [-0.2, 0) is 30.7 Å². The van der Waals surface area contributed by atoms with Crippen LogP contribution in [0.3, 0.4) is 0 Å². The molecule has 0 spiro atoms. The Morgan fingerprint density at radius 3 is 3.19 bits per heavy atom. The van der Waals surface area contributed by atoms with Gasteiger partial charge in [0.1, 0.15) is 17.2 Å². The van der Waals surface area contributed by atoms with E-state index in [1.807, 2.05) is 17.8 Å². The molecule has 0 bridgehead atoms. The molecule has 0 aromatic carbocycles. The fraction of sp³-hybridized carbons (Fsp3) is 0.571. The molecule has 7 heteroatoms. The number of fused-ring (bicyclic) bond motifs is 1. The van der Waals surface area contributed by atoms with Gasteiger partial charge in [-0.3, -0.25) is 4.79 Å². The maximum absolute atomic E-state index is 12.6. The molecule has 3 heterocycles. The molecule has 1 aliphatic heterocycles. The van der Waals surface area contributed by atoms with Gasteiger partial charge in [-0.1, -0.05) is 6.92 Å². The van der Waals surface area contributed by atoms with E-state index >= 15 is 0 Å². The molecule has 21 heavy (non-hydrogen) atoms. The van der Waals surface area contributed by atoms with Crippen molar-refractivity contribution in [3.63, 3.8) is 0 Å². The monoisotopic (exact) mass is 305 g/mol. The van der Waals surface area contributed by atoms with Crippen molar-refractivity contribution >= 4 is 17.2 Å². The second kappa shape index (κ2) is 5.93. The molecule has 0 N–H and O–H groups in total. The summed E-state index contributed by atoms with van der Waals surface area (Å²) in [6.07, 6.45) is 6.28. The molecule has 0 aliphatic carbocycles. The van der Waals surface area contributed by atoms with Gasteiger partial charge in [0, 0.05) is 31.1 Å². The Labute approximate surface area is 127 Å². The fourth-order valence-corrected chi connectivity index (χ4v) is 3.55. The highest BCUT2D eigenvalue weighted by Gasteiger charge is 2.27. The molecule has 1 unspecified atom stereocenters. The van der Waals surface area contributed by atoms with E-state index in [-0.39, 0.29) is 11.8 Å². The summed E-state index contributed by atoms with van der Waals surface area (Å²) in [5, 5.41) is 8.96. The molecular formula is C14H19N5OS. The Morgan fingerprint density at radius 1 is 1.57 bits per heavy atom. The lowest BCUT2D eigenvalue weighted by Crippen LogP contribution is -2.37. The van der Waals surface area contributed by atoms with Gasteiger partial charge in [-0.15, -0.1) is 21.5 Å². The third kappa shape index (κ3) is 2.97. The lowest BCUT2D eigenvalue weighted by Gasteiger charge is -2.26. The van der Waals surface area contributed by atoms with Gasteiger partial charge < -0.3 is 9.47 Å². The Morgan fingerprint density at radius 2 is 2.43 bits per heavy atom. The summed E-state index contributed by atoms with van der Waals surface area (Å²) in [4.78, 5) is 20.0. The zero-order valence-electron chi connectivity index (χ0n) is 12.3.